The van der Waals surface area contributed by atoms with Crippen molar-refractivity contribution >= 4 is 46.5 Å². The van der Waals surface area contributed by atoms with Crippen LogP contribution < -0.4 is 26.2 Å². The number of nitrogen functional groups attached to an aromatic ring is 1. The van der Waals surface area contributed by atoms with Gasteiger partial charge in [0.1, 0.15) is 24.4 Å². The number of nitrogens with two attached hydrogens (primary N) is 1. The number of para-hydroxylation sites is 1. The summed E-state index contributed by atoms with van der Waals surface area (Å²) in [7, 11) is 0. The highest BCUT2D eigenvalue weighted by molar-refractivity contribution is 7.13. The highest BCUT2D eigenvalue weighted by Crippen LogP contribution is 2.38. The number of aliphatic hydroxyl groups is 1. The molecule has 0 radical (unpaired) electrons. The number of nitrogens with one attached hydrogen (secondary N) is 2. The molecule has 3 aliphatic rings. The molecular weight excluding hydrogens is 847 g/mol. The van der Waals surface area contributed by atoms with Crippen LogP contribution in [0.15, 0.2) is 72.5 Å². The van der Waals surface area contributed by atoms with E-state index in [1.807, 2.05) is 82.0 Å². The maximum absolute atomic E-state index is 14.0. The molecule has 6 heterocycles. The lowest BCUT2D eigenvalue weighted by molar-refractivity contribution is -0.144. The lowest BCUT2D eigenvalue weighted by Gasteiger charge is -2.42. The number of aryl methyl sites for hydroxylation is 2. The van der Waals surface area contributed by atoms with Crippen molar-refractivity contribution in [1.29, 1.82) is 0 Å². The zero-order valence-electron chi connectivity index (χ0n) is 37.2. The molecule has 5 atom stereocenters. The van der Waals surface area contributed by atoms with E-state index >= 15 is 0 Å². The zero-order chi connectivity index (χ0) is 45.8. The van der Waals surface area contributed by atoms with Crippen molar-refractivity contribution in [2.75, 3.05) is 48.4 Å². The van der Waals surface area contributed by atoms with Gasteiger partial charge in [-0.3, -0.25) is 14.4 Å². The second-order valence-electron chi connectivity index (χ2n) is 18.2. The number of benzene rings is 2. The summed E-state index contributed by atoms with van der Waals surface area (Å²) in [5.74, 6) is -0.0735. The normalized spacial score (nSPS) is 19.9. The van der Waals surface area contributed by atoms with Gasteiger partial charge < -0.3 is 46.0 Å². The molecule has 18 heteroatoms. The van der Waals surface area contributed by atoms with Gasteiger partial charge in [-0.15, -0.1) is 21.5 Å². The van der Waals surface area contributed by atoms with Crippen LogP contribution in [0, 0.1) is 12.3 Å². The van der Waals surface area contributed by atoms with Crippen molar-refractivity contribution in [2.24, 2.45) is 5.41 Å². The molecule has 5 aromatic rings. The number of ether oxygens (including phenoxy) is 1. The van der Waals surface area contributed by atoms with Crippen molar-refractivity contribution in [1.82, 2.24) is 40.7 Å². The minimum atomic E-state index is -0.954. The summed E-state index contributed by atoms with van der Waals surface area (Å²) in [6, 6.07) is 15.4. The van der Waals surface area contributed by atoms with Crippen molar-refractivity contribution in [3.05, 3.63) is 89.3 Å². The quantitative estimate of drug-likeness (QED) is 0.0926. The van der Waals surface area contributed by atoms with Gasteiger partial charge in [-0.2, -0.15) is 0 Å². The molecule has 3 aliphatic heterocycles. The Hall–Kier alpha value is -6.24. The van der Waals surface area contributed by atoms with E-state index in [1.54, 1.807) is 29.5 Å². The number of piperazine rings is 1. The van der Waals surface area contributed by atoms with Gasteiger partial charge >= 0.3 is 0 Å². The lowest BCUT2D eigenvalue weighted by atomic mass is 9.85. The predicted molar refractivity (Wildman–Crippen MR) is 248 cm³/mol. The summed E-state index contributed by atoms with van der Waals surface area (Å²) in [6.45, 7) is 9.27. The minimum Gasteiger partial charge on any atom is -0.507 e. The Bertz CT molecular complexity index is 2470. The number of anilines is 3. The fraction of sp³-hybridized carbons (Fsp3) is 0.447. The Balaban J connectivity index is 0.786. The number of β-amino-alcohol motifs (C(OH)–C–C–N with tert-alkyl or cyclic N) is 1. The third kappa shape index (κ3) is 10.3. The molecule has 0 aliphatic carbocycles. The van der Waals surface area contributed by atoms with E-state index in [1.165, 1.54) is 4.90 Å². The van der Waals surface area contributed by atoms with E-state index in [4.69, 9.17) is 20.4 Å². The molecule has 2 unspecified atom stereocenters. The SMILES string of the molecule is Cc1ncsc1-c1ccc(CNC(=O)[C@@H]2C[C@@H](O)CN2C(=O)[C@@H](NC(=O)COCCCc2cnc(N3C4CCC3CN(c3cc(-c5ccccc5O)nnc3N)C4)nc2)C(C)(C)C)cc1. The topological polar surface area (TPSA) is 225 Å². The molecule has 3 saturated heterocycles. The summed E-state index contributed by atoms with van der Waals surface area (Å²) < 4.78 is 5.74. The van der Waals surface area contributed by atoms with Crippen LogP contribution in [0.2, 0.25) is 0 Å². The largest absolute Gasteiger partial charge is 0.507 e. The number of carbonyl (C=O) groups excluding carboxylic acids is 3. The number of phenolic OH excluding ortho intramolecular Hbond substituents is 1. The molecule has 65 heavy (non-hydrogen) atoms. The smallest absolute Gasteiger partial charge is 0.246 e. The molecule has 3 amide bonds. The van der Waals surface area contributed by atoms with E-state index in [0.717, 1.165) is 58.9 Å². The van der Waals surface area contributed by atoms with Gasteiger partial charge in [0.15, 0.2) is 5.82 Å². The fourth-order valence-corrected chi connectivity index (χ4v) is 9.84. The molecule has 3 aromatic heterocycles. The van der Waals surface area contributed by atoms with E-state index in [2.05, 4.69) is 35.6 Å². The predicted octanol–water partition coefficient (Wildman–Crippen LogP) is 4.27. The van der Waals surface area contributed by atoms with E-state index < -0.39 is 35.4 Å². The number of hydrogen-bond donors (Lipinski definition) is 5. The van der Waals surface area contributed by atoms with Crippen molar-refractivity contribution in [2.45, 2.75) is 96.6 Å². The molecule has 0 saturated carbocycles. The summed E-state index contributed by atoms with van der Waals surface area (Å²) in [4.78, 5) is 61.5. The average Bonchev–Trinajstić information content (AvgIpc) is 3.98. The first-order valence-corrected chi connectivity index (χ1v) is 23.0. The summed E-state index contributed by atoms with van der Waals surface area (Å²) >= 11 is 1.58. The molecular formula is C47H57N11O6S. The molecule has 8 rings (SSSR count). The first-order valence-electron chi connectivity index (χ1n) is 22.1. The Morgan fingerprint density at radius 2 is 1.69 bits per heavy atom. The van der Waals surface area contributed by atoms with Crippen LogP contribution in [0.5, 0.6) is 5.75 Å². The Morgan fingerprint density at radius 1 is 0.969 bits per heavy atom. The number of likely N-dealkylation sites (tertiary alicyclic amines) is 1. The van der Waals surface area contributed by atoms with Gasteiger partial charge in [-0.05, 0) is 72.9 Å². The number of phenols is 1. The van der Waals surface area contributed by atoms with Gasteiger partial charge in [-0.1, -0.05) is 57.2 Å². The number of rotatable bonds is 15. The van der Waals surface area contributed by atoms with Crippen LogP contribution >= 0.6 is 11.3 Å². The summed E-state index contributed by atoms with van der Waals surface area (Å²) in [5.41, 5.74) is 13.3. The number of hydrogen-bond acceptors (Lipinski definition) is 15. The minimum absolute atomic E-state index is 0.00925. The Kier molecular flexibility index (Phi) is 13.6. The standard InChI is InChI=1S/C47H57N11O6S/c1-28-41(65-27-52-28)31-13-11-29(12-14-31)20-49-44(62)38-18-34(59)25-57(38)45(63)42(47(2,3)4)53-40(61)26-64-17-7-8-30-21-50-46(51-22-30)58-32-15-16-33(58)24-56(23-32)37-19-36(54-55-43(37)48)35-9-5-6-10-39(35)60/h5-6,9-14,19,21-22,27,32-34,38,42,59-60H,7-8,15-18,20,23-26H2,1-4H3,(H2,48,55)(H,49,62)(H,53,61)/t32?,33?,34-,38+,42-/m1/s1. The van der Waals surface area contributed by atoms with Gasteiger partial charge in [0.05, 0.1) is 33.6 Å². The van der Waals surface area contributed by atoms with Crippen LogP contribution in [0.4, 0.5) is 17.5 Å². The van der Waals surface area contributed by atoms with Gasteiger partial charge in [0.2, 0.25) is 23.7 Å². The number of aromatic nitrogens is 5. The van der Waals surface area contributed by atoms with Crippen molar-refractivity contribution in [3.63, 3.8) is 0 Å². The van der Waals surface area contributed by atoms with Crippen molar-refractivity contribution < 1.29 is 29.3 Å². The number of aliphatic hydroxyl groups excluding tert-OH is 1. The Morgan fingerprint density at radius 3 is 2.37 bits per heavy atom. The van der Waals surface area contributed by atoms with Crippen LogP contribution in [0.25, 0.3) is 21.7 Å². The number of nitrogens with zero attached hydrogens (tertiary/aromatic N) is 8. The van der Waals surface area contributed by atoms with Crippen LogP contribution in [-0.4, -0.2) is 121 Å². The maximum atomic E-state index is 14.0. The summed E-state index contributed by atoms with van der Waals surface area (Å²) in [6.07, 6.45) is 6.19. The molecule has 2 aromatic carbocycles. The maximum Gasteiger partial charge on any atom is 0.246 e. The third-order valence-corrected chi connectivity index (χ3v) is 13.4. The monoisotopic (exact) mass is 903 g/mol. The van der Waals surface area contributed by atoms with Crippen LogP contribution in [-0.2, 0) is 32.1 Å². The lowest BCUT2D eigenvalue weighted by Crippen LogP contribution is -2.58. The molecule has 6 N–H and O–H groups in total. The second kappa shape index (κ2) is 19.5. The number of fused-ring (bicyclic) bond motifs is 2. The summed E-state index contributed by atoms with van der Waals surface area (Å²) in [5, 5.41) is 35.2. The Labute approximate surface area is 382 Å². The third-order valence-electron chi connectivity index (χ3n) is 12.4. The molecule has 342 valence electrons. The van der Waals surface area contributed by atoms with Gasteiger partial charge in [0, 0.05) is 69.2 Å². The van der Waals surface area contributed by atoms with E-state index in [0.29, 0.717) is 42.5 Å². The van der Waals surface area contributed by atoms with E-state index in [9.17, 15) is 24.6 Å². The highest BCUT2D eigenvalue weighted by Gasteiger charge is 2.45. The van der Waals surface area contributed by atoms with Gasteiger partial charge in [0.25, 0.3) is 0 Å². The highest BCUT2D eigenvalue weighted by atomic mass is 32.1. The van der Waals surface area contributed by atoms with E-state index in [-0.39, 0.29) is 49.9 Å². The molecule has 0 spiro atoms. The molecule has 17 nitrogen and oxygen atoms in total. The van der Waals surface area contributed by atoms with Crippen molar-refractivity contribution in [3.8, 4) is 27.4 Å². The number of thiazole rings is 1. The van der Waals surface area contributed by atoms with Crippen LogP contribution in [0.1, 0.15) is 63.3 Å². The fourth-order valence-electron chi connectivity index (χ4n) is 9.03. The van der Waals surface area contributed by atoms with Crippen LogP contribution in [0.3, 0.4) is 0 Å². The number of aromatic hydroxyl groups is 1. The average molecular weight is 904 g/mol. The van der Waals surface area contributed by atoms with Gasteiger partial charge in [-0.25, -0.2) is 15.0 Å². The molecule has 3 fully saturated rings. The second-order valence-corrected chi connectivity index (χ2v) is 19.1. The number of amides is 3. The molecule has 2 bridgehead atoms. The number of carbonyl (C=O) groups is 3. The zero-order valence-corrected chi connectivity index (χ0v) is 38.0. The first-order chi connectivity index (χ1) is 31.2. The first kappa shape index (κ1) is 45.3.